The highest BCUT2D eigenvalue weighted by atomic mass is 16.5. The fourth-order valence-corrected chi connectivity index (χ4v) is 3.82. The molecule has 0 atom stereocenters. The molecule has 4 aromatic carbocycles. The smallest absolute Gasteiger partial charge is 0.266 e. The zero-order valence-electron chi connectivity index (χ0n) is 17.0. The fraction of sp³-hybridized carbons (Fsp3) is 0.0370. The molecule has 0 aliphatic heterocycles. The lowest BCUT2D eigenvalue weighted by atomic mass is 10.0. The van der Waals surface area contributed by atoms with E-state index in [-0.39, 0.29) is 5.56 Å². The highest BCUT2D eigenvalue weighted by molar-refractivity contribution is 5.92. The molecule has 0 saturated heterocycles. The van der Waals surface area contributed by atoms with Crippen LogP contribution in [0.5, 0.6) is 5.75 Å². The summed E-state index contributed by atoms with van der Waals surface area (Å²) in [6, 6.07) is 29.3. The van der Waals surface area contributed by atoms with Crippen molar-refractivity contribution in [1.82, 2.24) is 9.55 Å². The molecule has 1 aromatic heterocycles. The second-order valence-electron chi connectivity index (χ2n) is 7.23. The zero-order chi connectivity index (χ0) is 21.2. The van der Waals surface area contributed by atoms with Crippen LogP contribution in [0.3, 0.4) is 0 Å². The van der Waals surface area contributed by atoms with Crippen LogP contribution in [-0.4, -0.2) is 16.7 Å². The number of para-hydroxylation sites is 1. The van der Waals surface area contributed by atoms with Crippen LogP contribution in [-0.2, 0) is 0 Å². The first kappa shape index (κ1) is 18.8. The maximum atomic E-state index is 13.4. The number of nitrogens with zero attached hydrogens (tertiary/aromatic N) is 2. The molecule has 0 aliphatic carbocycles. The van der Waals surface area contributed by atoms with Gasteiger partial charge in [-0.25, -0.2) is 4.98 Å². The molecule has 0 bridgehead atoms. The SMILES string of the molecule is COc1cccc(-n2c(C=Cc3cccc4ccccc34)nc3ccccc3c2=O)c1. The Bertz CT molecular complexity index is 1490. The number of rotatable bonds is 4. The van der Waals surface area contributed by atoms with E-state index < -0.39 is 0 Å². The third-order valence-corrected chi connectivity index (χ3v) is 5.35. The van der Waals surface area contributed by atoms with Gasteiger partial charge in [0.2, 0.25) is 0 Å². The first-order valence-electron chi connectivity index (χ1n) is 10.1. The first-order valence-corrected chi connectivity index (χ1v) is 10.1. The average molecular weight is 404 g/mol. The van der Waals surface area contributed by atoms with E-state index >= 15 is 0 Å². The molecule has 1 heterocycles. The molecule has 0 radical (unpaired) electrons. The Morgan fingerprint density at radius 3 is 2.42 bits per heavy atom. The van der Waals surface area contributed by atoms with Gasteiger partial charge < -0.3 is 4.74 Å². The van der Waals surface area contributed by atoms with E-state index in [2.05, 4.69) is 24.3 Å². The van der Waals surface area contributed by atoms with Crippen molar-refractivity contribution in [3.05, 3.63) is 113 Å². The van der Waals surface area contributed by atoms with Gasteiger partial charge in [0.1, 0.15) is 11.6 Å². The van der Waals surface area contributed by atoms with Crippen molar-refractivity contribution in [1.29, 1.82) is 0 Å². The molecular formula is C27H20N2O2. The monoisotopic (exact) mass is 404 g/mol. The number of methoxy groups -OCH3 is 1. The Morgan fingerprint density at radius 1 is 0.806 bits per heavy atom. The van der Waals surface area contributed by atoms with E-state index in [0.29, 0.717) is 28.2 Å². The molecular weight excluding hydrogens is 384 g/mol. The summed E-state index contributed by atoms with van der Waals surface area (Å²) >= 11 is 0. The Labute approximate surface area is 179 Å². The molecule has 150 valence electrons. The van der Waals surface area contributed by atoms with Crippen LogP contribution in [0.4, 0.5) is 0 Å². The summed E-state index contributed by atoms with van der Waals surface area (Å²) in [5.41, 5.74) is 2.33. The van der Waals surface area contributed by atoms with E-state index in [9.17, 15) is 4.79 Å². The van der Waals surface area contributed by atoms with Gasteiger partial charge in [0, 0.05) is 6.07 Å². The zero-order valence-corrected chi connectivity index (χ0v) is 17.0. The molecule has 0 saturated carbocycles. The van der Waals surface area contributed by atoms with Crippen molar-refractivity contribution in [3.8, 4) is 11.4 Å². The van der Waals surface area contributed by atoms with E-state index in [0.717, 1.165) is 10.9 Å². The minimum atomic E-state index is -0.114. The Balaban J connectivity index is 1.74. The van der Waals surface area contributed by atoms with E-state index in [1.807, 2.05) is 72.8 Å². The summed E-state index contributed by atoms with van der Waals surface area (Å²) in [7, 11) is 1.61. The van der Waals surface area contributed by atoms with Gasteiger partial charge in [-0.1, -0.05) is 66.7 Å². The highest BCUT2D eigenvalue weighted by Gasteiger charge is 2.11. The van der Waals surface area contributed by atoms with Crippen molar-refractivity contribution < 1.29 is 4.74 Å². The van der Waals surface area contributed by atoms with Crippen LogP contribution >= 0.6 is 0 Å². The van der Waals surface area contributed by atoms with Crippen LogP contribution < -0.4 is 10.3 Å². The van der Waals surface area contributed by atoms with Crippen LogP contribution in [0, 0.1) is 0 Å². The Kier molecular flexibility index (Phi) is 4.81. The summed E-state index contributed by atoms with van der Waals surface area (Å²) in [6.45, 7) is 0. The van der Waals surface area contributed by atoms with Gasteiger partial charge in [-0.15, -0.1) is 0 Å². The maximum absolute atomic E-state index is 13.4. The molecule has 5 rings (SSSR count). The van der Waals surface area contributed by atoms with Crippen molar-refractivity contribution >= 4 is 33.8 Å². The van der Waals surface area contributed by atoms with Crippen molar-refractivity contribution in [2.24, 2.45) is 0 Å². The predicted molar refractivity (Wildman–Crippen MR) is 127 cm³/mol. The molecule has 0 unspecified atom stereocenters. The maximum Gasteiger partial charge on any atom is 0.266 e. The summed E-state index contributed by atoms with van der Waals surface area (Å²) in [4.78, 5) is 18.2. The van der Waals surface area contributed by atoms with Gasteiger partial charge in [-0.2, -0.15) is 0 Å². The Hall–Kier alpha value is -4.18. The van der Waals surface area contributed by atoms with Crippen LogP contribution in [0.15, 0.2) is 95.8 Å². The number of fused-ring (bicyclic) bond motifs is 2. The quantitative estimate of drug-likeness (QED) is 0.385. The number of benzene rings is 4. The molecule has 0 N–H and O–H groups in total. The lowest BCUT2D eigenvalue weighted by molar-refractivity contribution is 0.414. The second kappa shape index (κ2) is 7.92. The summed E-state index contributed by atoms with van der Waals surface area (Å²) in [5.74, 6) is 1.24. The van der Waals surface area contributed by atoms with E-state index in [1.165, 1.54) is 5.39 Å². The fourth-order valence-electron chi connectivity index (χ4n) is 3.82. The molecule has 4 heteroatoms. The minimum Gasteiger partial charge on any atom is -0.497 e. The lowest BCUT2D eigenvalue weighted by Gasteiger charge is -2.12. The van der Waals surface area contributed by atoms with Gasteiger partial charge in [0.05, 0.1) is 23.7 Å². The van der Waals surface area contributed by atoms with E-state index in [1.54, 1.807) is 17.7 Å². The third-order valence-electron chi connectivity index (χ3n) is 5.35. The number of hydrogen-bond donors (Lipinski definition) is 0. The molecule has 0 spiro atoms. The average Bonchev–Trinajstić information content (AvgIpc) is 2.83. The van der Waals surface area contributed by atoms with Crippen molar-refractivity contribution in [2.75, 3.05) is 7.11 Å². The second-order valence-corrected chi connectivity index (χ2v) is 7.23. The van der Waals surface area contributed by atoms with Gasteiger partial charge in [-0.3, -0.25) is 9.36 Å². The van der Waals surface area contributed by atoms with Crippen molar-refractivity contribution in [2.45, 2.75) is 0 Å². The first-order chi connectivity index (χ1) is 15.2. The standard InChI is InChI=1S/C27H20N2O2/c1-31-22-12-7-11-21(18-22)29-26(28-25-15-5-4-14-24(25)27(29)30)17-16-20-10-6-9-19-8-2-3-13-23(19)20/h2-18H,1H3. The molecule has 31 heavy (non-hydrogen) atoms. The predicted octanol–water partition coefficient (Wildman–Crippen LogP) is 5.72. The van der Waals surface area contributed by atoms with Crippen molar-refractivity contribution in [3.63, 3.8) is 0 Å². The third kappa shape index (κ3) is 3.49. The van der Waals surface area contributed by atoms with Crippen LogP contribution in [0.25, 0.3) is 39.5 Å². The topological polar surface area (TPSA) is 44.1 Å². The summed E-state index contributed by atoms with van der Waals surface area (Å²) in [5, 5.41) is 2.89. The largest absolute Gasteiger partial charge is 0.497 e. The van der Waals surface area contributed by atoms with Crippen LogP contribution in [0.2, 0.25) is 0 Å². The molecule has 5 aromatic rings. The van der Waals surface area contributed by atoms with Gasteiger partial charge in [-0.05, 0) is 46.7 Å². The van der Waals surface area contributed by atoms with Crippen LogP contribution in [0.1, 0.15) is 11.4 Å². The van der Waals surface area contributed by atoms with Gasteiger partial charge >= 0.3 is 0 Å². The Morgan fingerprint density at radius 2 is 1.55 bits per heavy atom. The molecule has 0 fully saturated rings. The lowest BCUT2D eigenvalue weighted by Crippen LogP contribution is -2.22. The molecule has 4 nitrogen and oxygen atoms in total. The normalized spacial score (nSPS) is 11.4. The highest BCUT2D eigenvalue weighted by Crippen LogP contribution is 2.22. The minimum absolute atomic E-state index is 0.114. The summed E-state index contributed by atoms with van der Waals surface area (Å²) < 4.78 is 7.00. The molecule has 0 amide bonds. The van der Waals surface area contributed by atoms with E-state index in [4.69, 9.17) is 9.72 Å². The number of aromatic nitrogens is 2. The summed E-state index contributed by atoms with van der Waals surface area (Å²) in [6.07, 6.45) is 3.91. The number of ether oxygens (including phenoxy) is 1. The molecule has 0 aliphatic rings. The number of hydrogen-bond acceptors (Lipinski definition) is 3. The van der Waals surface area contributed by atoms with Gasteiger partial charge in [0.25, 0.3) is 5.56 Å². The van der Waals surface area contributed by atoms with Gasteiger partial charge in [0.15, 0.2) is 0 Å².